The molecule has 6 aromatic rings. The third kappa shape index (κ3) is 6.90. The van der Waals surface area contributed by atoms with Crippen molar-refractivity contribution in [1.82, 2.24) is 0 Å². The fourth-order valence-electron chi connectivity index (χ4n) is 7.31. The van der Waals surface area contributed by atoms with Gasteiger partial charge in [0.05, 0.1) is 22.3 Å². The third-order valence-corrected chi connectivity index (χ3v) is 10.7. The number of allylic oxidation sites excluding steroid dienone is 9. The molecule has 0 saturated heterocycles. The molecule has 0 saturated carbocycles. The molecule has 19 heteroatoms. The van der Waals surface area contributed by atoms with Crippen LogP contribution in [-0.2, 0) is 0 Å². The second kappa shape index (κ2) is 16.5. The zero-order chi connectivity index (χ0) is 48.2. The average molecular weight is 904 g/mol. The average Bonchev–Trinajstić information content (AvgIpc) is 3.32. The van der Waals surface area contributed by atoms with E-state index < -0.39 is 137 Å². The molecule has 0 aromatic heterocycles. The minimum Gasteiger partial charge on any atom is -0.504 e. The molecule has 66 heavy (non-hydrogen) atoms. The van der Waals surface area contributed by atoms with E-state index in [0.29, 0.717) is 28.0 Å². The lowest BCUT2D eigenvalue weighted by atomic mass is 9.93. The standard InChI is InChI=1S/C47H37NO18/c1-18(19-8-4-2-5-9-19)12-17-23(20-10-6-3-7-11-20)21-13-15-22(16-14-21)48(28-38(57)30(49)24(31(50)39(28)58)26-34(53)42(61)46(65)43(62)35(26)54)29-40(59)32(51)25(33(52)41(29)60)27-36(55)44(63)47(66)45(64)37(27)56/h2-10,12-17,49-66H,1,11H2/b17-12-,23-20+. The molecule has 0 heterocycles. The molecule has 0 aliphatic heterocycles. The lowest BCUT2D eigenvalue weighted by Gasteiger charge is -2.30. The molecule has 0 spiro atoms. The van der Waals surface area contributed by atoms with Crippen LogP contribution in [0.1, 0.15) is 17.5 Å². The van der Waals surface area contributed by atoms with Gasteiger partial charge in [0.25, 0.3) is 0 Å². The van der Waals surface area contributed by atoms with Crippen LogP contribution in [0.2, 0.25) is 0 Å². The monoisotopic (exact) mass is 903 g/mol. The first-order valence-electron chi connectivity index (χ1n) is 19.0. The second-order valence-electron chi connectivity index (χ2n) is 14.5. The summed E-state index contributed by atoms with van der Waals surface area (Å²) in [7, 11) is 0. The number of hydrogen-bond acceptors (Lipinski definition) is 19. The normalized spacial score (nSPS) is 13.0. The predicted molar refractivity (Wildman–Crippen MR) is 236 cm³/mol. The Balaban J connectivity index is 1.51. The molecule has 0 fully saturated rings. The molecule has 0 radical (unpaired) electrons. The van der Waals surface area contributed by atoms with Crippen LogP contribution < -0.4 is 4.90 Å². The van der Waals surface area contributed by atoms with E-state index in [2.05, 4.69) is 6.58 Å². The van der Waals surface area contributed by atoms with Gasteiger partial charge in [0.1, 0.15) is 11.4 Å². The zero-order valence-electron chi connectivity index (χ0n) is 33.6. The largest absolute Gasteiger partial charge is 0.504 e. The van der Waals surface area contributed by atoms with E-state index in [1.807, 2.05) is 48.6 Å². The molecule has 1 aliphatic rings. The van der Waals surface area contributed by atoms with Crippen LogP contribution in [0.4, 0.5) is 17.1 Å². The van der Waals surface area contributed by atoms with Crippen molar-refractivity contribution in [2.45, 2.75) is 6.42 Å². The van der Waals surface area contributed by atoms with Crippen LogP contribution in [0.25, 0.3) is 33.4 Å². The Morgan fingerprint density at radius 1 is 0.394 bits per heavy atom. The minimum atomic E-state index is -1.57. The quantitative estimate of drug-likeness (QED) is 0.0374. The molecular formula is C47H37NO18. The second-order valence-corrected chi connectivity index (χ2v) is 14.5. The van der Waals surface area contributed by atoms with Crippen molar-refractivity contribution >= 4 is 28.2 Å². The summed E-state index contributed by atoms with van der Waals surface area (Å²) in [5.74, 6) is -27.4. The van der Waals surface area contributed by atoms with E-state index in [-0.39, 0.29) is 5.69 Å². The maximum Gasteiger partial charge on any atom is 0.208 e. The van der Waals surface area contributed by atoms with E-state index in [1.54, 1.807) is 18.2 Å². The van der Waals surface area contributed by atoms with Crippen molar-refractivity contribution in [3.05, 3.63) is 114 Å². The molecule has 0 bridgehead atoms. The highest BCUT2D eigenvalue weighted by Crippen LogP contribution is 2.67. The predicted octanol–water partition coefficient (Wildman–Crippen LogP) is 7.73. The molecule has 0 atom stereocenters. The Hall–Kier alpha value is -9.78. The highest BCUT2D eigenvalue weighted by atomic mass is 16.4. The molecule has 6 aromatic carbocycles. The van der Waals surface area contributed by atoms with Crippen molar-refractivity contribution in [2.75, 3.05) is 4.90 Å². The lowest BCUT2D eigenvalue weighted by molar-refractivity contribution is 0.329. The molecule has 19 nitrogen and oxygen atoms in total. The maximum absolute atomic E-state index is 11.7. The number of benzene rings is 6. The number of rotatable bonds is 9. The Morgan fingerprint density at radius 2 is 0.758 bits per heavy atom. The Morgan fingerprint density at radius 3 is 1.12 bits per heavy atom. The topological polar surface area (TPSA) is 367 Å². The summed E-state index contributed by atoms with van der Waals surface area (Å²) in [6.07, 6.45) is 11.4. The highest BCUT2D eigenvalue weighted by molar-refractivity contribution is 6.03. The van der Waals surface area contributed by atoms with Gasteiger partial charge in [-0.15, -0.1) is 0 Å². The molecular weight excluding hydrogens is 867 g/mol. The molecule has 0 amide bonds. The first-order valence-corrected chi connectivity index (χ1v) is 19.0. The molecule has 338 valence electrons. The van der Waals surface area contributed by atoms with E-state index in [9.17, 15) is 91.9 Å². The highest BCUT2D eigenvalue weighted by Gasteiger charge is 2.39. The Bertz CT molecular complexity index is 2900. The summed E-state index contributed by atoms with van der Waals surface area (Å²) in [6, 6.07) is 14.6. The molecule has 7 rings (SSSR count). The van der Waals surface area contributed by atoms with Crippen molar-refractivity contribution in [3.8, 4) is 126 Å². The fraction of sp³-hybridized carbons (Fsp3) is 0.0213. The van der Waals surface area contributed by atoms with E-state index in [4.69, 9.17) is 0 Å². The van der Waals surface area contributed by atoms with Crippen LogP contribution in [0.5, 0.6) is 103 Å². The van der Waals surface area contributed by atoms with E-state index in [0.717, 1.165) is 11.1 Å². The van der Waals surface area contributed by atoms with Gasteiger partial charge in [-0.25, -0.2) is 0 Å². The maximum atomic E-state index is 11.7. The number of anilines is 3. The Kier molecular flexibility index (Phi) is 11.1. The van der Waals surface area contributed by atoms with Gasteiger partial charge in [-0.05, 0) is 46.4 Å². The van der Waals surface area contributed by atoms with Crippen molar-refractivity contribution in [2.24, 2.45) is 0 Å². The number of phenols is 18. The summed E-state index contributed by atoms with van der Waals surface area (Å²) in [5.41, 5.74) is -4.45. The summed E-state index contributed by atoms with van der Waals surface area (Å²) in [5, 5.41) is 196. The van der Waals surface area contributed by atoms with E-state index in [1.165, 1.54) is 24.3 Å². The van der Waals surface area contributed by atoms with Gasteiger partial charge in [0.15, 0.2) is 69.0 Å². The number of phenolic OH excluding ortho intramolecular Hbond substituents is 18. The van der Waals surface area contributed by atoms with Crippen LogP contribution in [0.3, 0.4) is 0 Å². The first kappa shape index (κ1) is 44.3. The van der Waals surface area contributed by atoms with Gasteiger partial charge in [-0.2, -0.15) is 0 Å². The van der Waals surface area contributed by atoms with Crippen molar-refractivity contribution in [3.63, 3.8) is 0 Å². The molecule has 18 N–H and O–H groups in total. The molecule has 1 aliphatic carbocycles. The summed E-state index contributed by atoms with van der Waals surface area (Å²) < 4.78 is 0. The van der Waals surface area contributed by atoms with Crippen LogP contribution in [0.15, 0.2) is 103 Å². The Labute approximate surface area is 370 Å². The van der Waals surface area contributed by atoms with E-state index >= 15 is 0 Å². The number of aromatic hydroxyl groups is 18. The lowest BCUT2D eigenvalue weighted by Crippen LogP contribution is -2.12. The molecule has 0 unspecified atom stereocenters. The van der Waals surface area contributed by atoms with Gasteiger partial charge >= 0.3 is 0 Å². The van der Waals surface area contributed by atoms with Crippen LogP contribution >= 0.6 is 0 Å². The number of hydrogen-bond donors (Lipinski definition) is 18. The van der Waals surface area contributed by atoms with Gasteiger partial charge < -0.3 is 91.9 Å². The third-order valence-electron chi connectivity index (χ3n) is 10.7. The van der Waals surface area contributed by atoms with Gasteiger partial charge in [0.2, 0.25) is 34.5 Å². The van der Waals surface area contributed by atoms with Gasteiger partial charge in [-0.3, -0.25) is 4.90 Å². The fourth-order valence-corrected chi connectivity index (χ4v) is 7.31. The van der Waals surface area contributed by atoms with Gasteiger partial charge in [-0.1, -0.05) is 85.5 Å². The van der Waals surface area contributed by atoms with Crippen molar-refractivity contribution < 1.29 is 91.9 Å². The van der Waals surface area contributed by atoms with Gasteiger partial charge in [0, 0.05) is 5.69 Å². The number of nitrogens with zero attached hydrogens (tertiary/aromatic N) is 1. The summed E-state index contributed by atoms with van der Waals surface area (Å²) in [6.45, 7) is 4.14. The summed E-state index contributed by atoms with van der Waals surface area (Å²) in [4.78, 5) is 0.450. The minimum absolute atomic E-state index is 0.356. The van der Waals surface area contributed by atoms with Crippen LogP contribution in [-0.4, -0.2) is 91.9 Å². The first-order chi connectivity index (χ1) is 31.2. The van der Waals surface area contributed by atoms with Crippen molar-refractivity contribution in [1.29, 1.82) is 0 Å². The summed E-state index contributed by atoms with van der Waals surface area (Å²) >= 11 is 0. The smallest absolute Gasteiger partial charge is 0.208 e. The SMILES string of the molecule is C=C(/C=C\C(=C1\C=CC=CC1)c1ccc(N(c2c(O)c(O)c(-c3c(O)c(O)c(O)c(O)c3O)c(O)c2O)c2c(O)c(O)c(-c3c(O)c(O)c(O)c(O)c3O)c(O)c2O)cc1)c1ccccc1. The van der Waals surface area contributed by atoms with Crippen LogP contribution in [0, 0.1) is 0 Å². The zero-order valence-corrected chi connectivity index (χ0v) is 33.6.